The maximum absolute atomic E-state index is 12.0. The van der Waals surface area contributed by atoms with Crippen molar-refractivity contribution in [1.82, 2.24) is 10.6 Å². The molecule has 0 spiro atoms. The van der Waals surface area contributed by atoms with Crippen LogP contribution in [0.1, 0.15) is 32.8 Å². The molecule has 0 fully saturated rings. The SMILES string of the molecule is CCCOc1cc(C)ccc1NC(=O)NC(C)C(=O)NCC. The number of likely N-dealkylation sites (N-methyl/N-ethyl adjacent to an activating group) is 1. The van der Waals surface area contributed by atoms with E-state index in [2.05, 4.69) is 16.0 Å². The second kappa shape index (κ2) is 8.92. The Hall–Kier alpha value is -2.24. The Balaban J connectivity index is 2.69. The fraction of sp³-hybridized carbons (Fsp3) is 0.500. The lowest BCUT2D eigenvalue weighted by molar-refractivity contribution is -0.122. The molecule has 1 rings (SSSR count). The fourth-order valence-corrected chi connectivity index (χ4v) is 1.81. The van der Waals surface area contributed by atoms with Crippen molar-refractivity contribution in [3.63, 3.8) is 0 Å². The van der Waals surface area contributed by atoms with Crippen molar-refractivity contribution in [2.24, 2.45) is 0 Å². The molecule has 122 valence electrons. The minimum atomic E-state index is -0.606. The van der Waals surface area contributed by atoms with Crippen LogP contribution in [0.3, 0.4) is 0 Å². The maximum atomic E-state index is 12.0. The van der Waals surface area contributed by atoms with Crippen molar-refractivity contribution in [2.75, 3.05) is 18.5 Å². The van der Waals surface area contributed by atoms with Gasteiger partial charge >= 0.3 is 6.03 Å². The third-order valence-corrected chi connectivity index (χ3v) is 2.94. The van der Waals surface area contributed by atoms with E-state index < -0.39 is 12.1 Å². The topological polar surface area (TPSA) is 79.5 Å². The van der Waals surface area contributed by atoms with Crippen LogP contribution in [0.4, 0.5) is 10.5 Å². The van der Waals surface area contributed by atoms with E-state index in [4.69, 9.17) is 4.74 Å². The smallest absolute Gasteiger partial charge is 0.319 e. The van der Waals surface area contributed by atoms with Gasteiger partial charge in [-0.25, -0.2) is 4.79 Å². The quantitative estimate of drug-likeness (QED) is 0.724. The molecule has 0 saturated carbocycles. The van der Waals surface area contributed by atoms with E-state index in [0.29, 0.717) is 24.6 Å². The van der Waals surface area contributed by atoms with Crippen molar-refractivity contribution in [1.29, 1.82) is 0 Å². The Labute approximate surface area is 131 Å². The second-order valence-electron chi connectivity index (χ2n) is 5.06. The molecule has 6 heteroatoms. The Morgan fingerprint density at radius 1 is 1.27 bits per heavy atom. The molecule has 0 saturated heterocycles. The van der Waals surface area contributed by atoms with Crippen LogP contribution in [0.5, 0.6) is 5.75 Å². The zero-order valence-electron chi connectivity index (χ0n) is 13.7. The van der Waals surface area contributed by atoms with Crippen LogP contribution in [0.2, 0.25) is 0 Å². The largest absolute Gasteiger partial charge is 0.491 e. The molecular weight excluding hydrogens is 282 g/mol. The first-order valence-electron chi connectivity index (χ1n) is 7.56. The number of nitrogens with one attached hydrogen (secondary N) is 3. The van der Waals surface area contributed by atoms with Gasteiger partial charge in [0.2, 0.25) is 5.91 Å². The highest BCUT2D eigenvalue weighted by Gasteiger charge is 2.15. The number of aryl methyl sites for hydroxylation is 1. The van der Waals surface area contributed by atoms with Gasteiger partial charge in [0.15, 0.2) is 0 Å². The van der Waals surface area contributed by atoms with Crippen LogP contribution in [0, 0.1) is 6.92 Å². The van der Waals surface area contributed by atoms with Gasteiger partial charge in [0.05, 0.1) is 12.3 Å². The normalized spacial score (nSPS) is 11.5. The third kappa shape index (κ3) is 5.63. The number of hydrogen-bond acceptors (Lipinski definition) is 3. The third-order valence-electron chi connectivity index (χ3n) is 2.94. The number of carbonyl (C=O) groups excluding carboxylic acids is 2. The molecule has 1 aromatic carbocycles. The standard InChI is InChI=1S/C16H25N3O3/c1-5-9-22-14-10-11(3)7-8-13(14)19-16(21)18-12(4)15(20)17-6-2/h7-8,10,12H,5-6,9H2,1-4H3,(H,17,20)(H2,18,19,21). The second-order valence-corrected chi connectivity index (χ2v) is 5.06. The summed E-state index contributed by atoms with van der Waals surface area (Å²) in [4.78, 5) is 23.6. The molecule has 1 atom stereocenters. The number of carbonyl (C=O) groups is 2. The summed E-state index contributed by atoms with van der Waals surface area (Å²) in [5, 5.41) is 7.97. The Morgan fingerprint density at radius 2 is 2.00 bits per heavy atom. The number of amides is 3. The molecular formula is C16H25N3O3. The average Bonchev–Trinajstić information content (AvgIpc) is 2.47. The number of benzene rings is 1. The molecule has 0 aliphatic heterocycles. The van der Waals surface area contributed by atoms with Gasteiger partial charge in [-0.05, 0) is 44.9 Å². The van der Waals surface area contributed by atoms with Gasteiger partial charge in [0.1, 0.15) is 11.8 Å². The molecule has 1 aromatic rings. The molecule has 1 unspecified atom stereocenters. The van der Waals surface area contributed by atoms with Gasteiger partial charge in [-0.2, -0.15) is 0 Å². The van der Waals surface area contributed by atoms with Crippen molar-refractivity contribution < 1.29 is 14.3 Å². The summed E-state index contributed by atoms with van der Waals surface area (Å²) in [6.07, 6.45) is 0.883. The highest BCUT2D eigenvalue weighted by atomic mass is 16.5. The minimum Gasteiger partial charge on any atom is -0.491 e. The number of hydrogen-bond donors (Lipinski definition) is 3. The zero-order chi connectivity index (χ0) is 16.5. The number of ether oxygens (including phenoxy) is 1. The van der Waals surface area contributed by atoms with Crippen LogP contribution in [0.25, 0.3) is 0 Å². The summed E-state index contributed by atoms with van der Waals surface area (Å²) >= 11 is 0. The van der Waals surface area contributed by atoms with Gasteiger partial charge in [-0.15, -0.1) is 0 Å². The summed E-state index contributed by atoms with van der Waals surface area (Å²) in [6, 6.07) is 4.51. The summed E-state index contributed by atoms with van der Waals surface area (Å²) < 4.78 is 5.64. The summed E-state index contributed by atoms with van der Waals surface area (Å²) in [6.45, 7) is 8.54. The molecule has 6 nitrogen and oxygen atoms in total. The summed E-state index contributed by atoms with van der Waals surface area (Å²) in [5.41, 5.74) is 1.63. The molecule has 3 N–H and O–H groups in total. The molecule has 0 aromatic heterocycles. The number of rotatable bonds is 7. The first kappa shape index (κ1) is 17.8. The first-order chi connectivity index (χ1) is 10.5. The predicted molar refractivity (Wildman–Crippen MR) is 87.3 cm³/mol. The highest BCUT2D eigenvalue weighted by Crippen LogP contribution is 2.25. The van der Waals surface area contributed by atoms with Crippen LogP contribution >= 0.6 is 0 Å². The van der Waals surface area contributed by atoms with Crippen LogP contribution in [0.15, 0.2) is 18.2 Å². The monoisotopic (exact) mass is 307 g/mol. The van der Waals surface area contributed by atoms with E-state index in [1.807, 2.05) is 32.9 Å². The first-order valence-corrected chi connectivity index (χ1v) is 7.56. The maximum Gasteiger partial charge on any atom is 0.319 e. The average molecular weight is 307 g/mol. The number of anilines is 1. The van der Waals surface area contributed by atoms with Gasteiger partial charge in [0, 0.05) is 6.54 Å². The van der Waals surface area contributed by atoms with E-state index in [-0.39, 0.29) is 5.91 Å². The summed E-state index contributed by atoms with van der Waals surface area (Å²) in [5.74, 6) is 0.409. The minimum absolute atomic E-state index is 0.219. The van der Waals surface area contributed by atoms with Crippen LogP contribution in [-0.4, -0.2) is 31.1 Å². The lowest BCUT2D eigenvalue weighted by Gasteiger charge is -2.16. The van der Waals surface area contributed by atoms with E-state index >= 15 is 0 Å². The highest BCUT2D eigenvalue weighted by molar-refractivity contribution is 5.94. The molecule has 0 aliphatic carbocycles. The lowest BCUT2D eigenvalue weighted by atomic mass is 10.2. The molecule has 0 heterocycles. The van der Waals surface area contributed by atoms with Gasteiger partial charge in [0.25, 0.3) is 0 Å². The fourth-order valence-electron chi connectivity index (χ4n) is 1.81. The van der Waals surface area contributed by atoms with Crippen molar-refractivity contribution >= 4 is 17.6 Å². The van der Waals surface area contributed by atoms with Gasteiger partial charge < -0.3 is 20.7 Å². The van der Waals surface area contributed by atoms with Gasteiger partial charge in [-0.3, -0.25) is 4.79 Å². The van der Waals surface area contributed by atoms with E-state index in [1.165, 1.54) is 0 Å². The summed E-state index contributed by atoms with van der Waals surface area (Å²) in [7, 11) is 0. The van der Waals surface area contributed by atoms with Crippen LogP contribution < -0.4 is 20.7 Å². The zero-order valence-corrected chi connectivity index (χ0v) is 13.7. The Kier molecular flexibility index (Phi) is 7.22. The van der Waals surface area contributed by atoms with Crippen LogP contribution in [-0.2, 0) is 4.79 Å². The van der Waals surface area contributed by atoms with Crippen molar-refractivity contribution in [3.05, 3.63) is 23.8 Å². The number of urea groups is 1. The van der Waals surface area contributed by atoms with Gasteiger partial charge in [-0.1, -0.05) is 13.0 Å². The molecule has 3 amide bonds. The van der Waals surface area contributed by atoms with E-state index in [1.54, 1.807) is 13.0 Å². The molecule has 22 heavy (non-hydrogen) atoms. The molecule has 0 aliphatic rings. The Bertz CT molecular complexity index is 517. The van der Waals surface area contributed by atoms with E-state index in [9.17, 15) is 9.59 Å². The predicted octanol–water partition coefficient (Wildman–Crippen LogP) is 2.43. The Morgan fingerprint density at radius 3 is 2.64 bits per heavy atom. The van der Waals surface area contributed by atoms with Crippen molar-refractivity contribution in [2.45, 2.75) is 40.2 Å². The lowest BCUT2D eigenvalue weighted by Crippen LogP contribution is -2.46. The molecule has 0 radical (unpaired) electrons. The molecule has 0 bridgehead atoms. The van der Waals surface area contributed by atoms with Crippen molar-refractivity contribution in [3.8, 4) is 5.75 Å². The van der Waals surface area contributed by atoms with E-state index in [0.717, 1.165) is 12.0 Å².